The number of carbonyl (C=O) groups excluding carboxylic acids is 1. The number of anilines is 1. The van der Waals surface area contributed by atoms with E-state index in [4.69, 9.17) is 9.47 Å². The smallest absolute Gasteiger partial charge is 0.412 e. The number of benzene rings is 3. The van der Waals surface area contributed by atoms with Crippen LogP contribution in [0.25, 0.3) is 21.2 Å². The largest absolute Gasteiger partial charge is 0.496 e. The Kier molecular flexibility index (Phi) is 5.26. The van der Waals surface area contributed by atoms with Gasteiger partial charge in [0.2, 0.25) is 0 Å². The molecule has 0 saturated carbocycles. The fourth-order valence-electron chi connectivity index (χ4n) is 3.04. The summed E-state index contributed by atoms with van der Waals surface area (Å²) in [4.78, 5) is 12.2. The predicted octanol–water partition coefficient (Wildman–Crippen LogP) is 6.33. The van der Waals surface area contributed by atoms with Crippen LogP contribution in [-0.2, 0) is 11.3 Å². The van der Waals surface area contributed by atoms with E-state index in [2.05, 4.69) is 17.4 Å². The van der Waals surface area contributed by atoms with Gasteiger partial charge in [0.05, 0.1) is 12.1 Å². The molecule has 28 heavy (non-hydrogen) atoms. The average molecular weight is 389 g/mol. The molecule has 1 amide bonds. The normalized spacial score (nSPS) is 10.6. The van der Waals surface area contributed by atoms with Crippen molar-refractivity contribution < 1.29 is 14.3 Å². The van der Waals surface area contributed by atoms with E-state index in [1.54, 1.807) is 7.11 Å². The quantitative estimate of drug-likeness (QED) is 0.434. The molecule has 4 rings (SSSR count). The van der Waals surface area contributed by atoms with E-state index in [0.717, 1.165) is 37.5 Å². The molecule has 4 aromatic rings. The standard InChI is InChI=1S/C23H19NO3S/c1-26-20-13-12-18(17-10-6-3-7-11-17)22-19(20)14-21(28-22)24-23(25)27-15-16-8-4-2-5-9-16/h2-14H,15H2,1H3,(H,24,25). The molecule has 0 bridgehead atoms. The Morgan fingerprint density at radius 2 is 1.68 bits per heavy atom. The van der Waals surface area contributed by atoms with Crippen LogP contribution >= 0.6 is 11.3 Å². The van der Waals surface area contributed by atoms with Crippen LogP contribution in [0, 0.1) is 0 Å². The maximum atomic E-state index is 12.2. The summed E-state index contributed by atoms with van der Waals surface area (Å²) in [6.45, 7) is 0.232. The monoisotopic (exact) mass is 389 g/mol. The second kappa shape index (κ2) is 8.15. The first-order valence-corrected chi connectivity index (χ1v) is 9.70. The van der Waals surface area contributed by atoms with Gasteiger partial charge in [0.15, 0.2) is 0 Å². The Bertz CT molecular complexity index is 1090. The lowest BCUT2D eigenvalue weighted by molar-refractivity contribution is 0.155. The van der Waals surface area contributed by atoms with E-state index in [0.29, 0.717) is 0 Å². The summed E-state index contributed by atoms with van der Waals surface area (Å²) in [6, 6.07) is 25.7. The van der Waals surface area contributed by atoms with Crippen LogP contribution in [0.5, 0.6) is 5.75 Å². The molecule has 0 radical (unpaired) electrons. The number of carbonyl (C=O) groups is 1. The van der Waals surface area contributed by atoms with Gasteiger partial charge in [0.25, 0.3) is 0 Å². The van der Waals surface area contributed by atoms with Gasteiger partial charge in [0.1, 0.15) is 12.4 Å². The van der Waals surface area contributed by atoms with Crippen LogP contribution in [0.1, 0.15) is 5.56 Å². The van der Waals surface area contributed by atoms with Gasteiger partial charge in [-0.15, -0.1) is 11.3 Å². The van der Waals surface area contributed by atoms with Gasteiger partial charge in [0, 0.05) is 10.1 Å². The summed E-state index contributed by atoms with van der Waals surface area (Å²) in [7, 11) is 1.65. The summed E-state index contributed by atoms with van der Waals surface area (Å²) < 4.78 is 11.9. The molecule has 0 saturated heterocycles. The van der Waals surface area contributed by atoms with Gasteiger partial charge in [-0.3, -0.25) is 5.32 Å². The van der Waals surface area contributed by atoms with Crippen LogP contribution in [0.15, 0.2) is 78.9 Å². The summed E-state index contributed by atoms with van der Waals surface area (Å²) in [5, 5.41) is 4.52. The van der Waals surface area contributed by atoms with Gasteiger partial charge in [-0.25, -0.2) is 4.79 Å². The molecule has 5 heteroatoms. The molecule has 1 N–H and O–H groups in total. The first-order chi connectivity index (χ1) is 13.7. The summed E-state index contributed by atoms with van der Waals surface area (Å²) in [5.41, 5.74) is 3.17. The van der Waals surface area contributed by atoms with E-state index in [-0.39, 0.29) is 6.61 Å². The van der Waals surface area contributed by atoms with E-state index in [1.807, 2.05) is 66.7 Å². The molecule has 0 aliphatic carbocycles. The van der Waals surface area contributed by atoms with Crippen molar-refractivity contribution in [1.82, 2.24) is 0 Å². The second-order valence-corrected chi connectivity index (χ2v) is 7.27. The van der Waals surface area contributed by atoms with Crippen molar-refractivity contribution in [2.24, 2.45) is 0 Å². The van der Waals surface area contributed by atoms with Crippen molar-refractivity contribution in [2.75, 3.05) is 12.4 Å². The maximum Gasteiger partial charge on any atom is 0.412 e. The Hall–Kier alpha value is -3.31. The van der Waals surface area contributed by atoms with Crippen molar-refractivity contribution in [1.29, 1.82) is 0 Å². The van der Waals surface area contributed by atoms with Gasteiger partial charge in [-0.1, -0.05) is 60.7 Å². The fraction of sp³-hybridized carbons (Fsp3) is 0.0870. The van der Waals surface area contributed by atoms with E-state index >= 15 is 0 Å². The highest BCUT2D eigenvalue weighted by molar-refractivity contribution is 7.23. The highest BCUT2D eigenvalue weighted by atomic mass is 32.1. The SMILES string of the molecule is COc1ccc(-c2ccccc2)c2sc(NC(=O)OCc3ccccc3)cc12. The zero-order chi connectivity index (χ0) is 19.3. The third kappa shape index (κ3) is 3.85. The van der Waals surface area contributed by atoms with E-state index in [1.165, 1.54) is 11.3 Å². The minimum atomic E-state index is -0.476. The minimum Gasteiger partial charge on any atom is -0.496 e. The number of thiophene rings is 1. The molecule has 4 nitrogen and oxygen atoms in total. The number of ether oxygens (including phenoxy) is 2. The number of hydrogen-bond acceptors (Lipinski definition) is 4. The van der Waals surface area contributed by atoms with Gasteiger partial charge < -0.3 is 9.47 Å². The Morgan fingerprint density at radius 3 is 2.39 bits per heavy atom. The molecule has 0 aliphatic heterocycles. The average Bonchev–Trinajstić information content (AvgIpc) is 3.16. The Labute approximate surface area is 167 Å². The van der Waals surface area contributed by atoms with Gasteiger partial charge in [-0.2, -0.15) is 0 Å². The summed E-state index contributed by atoms with van der Waals surface area (Å²) in [5.74, 6) is 0.775. The molecule has 1 heterocycles. The fourth-order valence-corrected chi connectivity index (χ4v) is 4.14. The highest BCUT2D eigenvalue weighted by Gasteiger charge is 2.14. The van der Waals surface area contributed by atoms with Crippen LogP contribution < -0.4 is 10.1 Å². The number of amides is 1. The molecular formula is C23H19NO3S. The van der Waals surface area contributed by atoms with Crippen LogP contribution in [0.4, 0.5) is 9.80 Å². The molecule has 140 valence electrons. The third-order valence-electron chi connectivity index (χ3n) is 4.39. The zero-order valence-electron chi connectivity index (χ0n) is 15.3. The predicted molar refractivity (Wildman–Crippen MR) is 114 cm³/mol. The first-order valence-electron chi connectivity index (χ1n) is 8.88. The first kappa shape index (κ1) is 18.1. The van der Waals surface area contributed by atoms with Crippen molar-refractivity contribution in [3.63, 3.8) is 0 Å². The van der Waals surface area contributed by atoms with Crippen molar-refractivity contribution in [2.45, 2.75) is 6.61 Å². The number of rotatable bonds is 5. The zero-order valence-corrected chi connectivity index (χ0v) is 16.2. The van der Waals surface area contributed by atoms with E-state index < -0.39 is 6.09 Å². The third-order valence-corrected chi connectivity index (χ3v) is 5.47. The van der Waals surface area contributed by atoms with Crippen molar-refractivity contribution in [3.05, 3.63) is 84.4 Å². The van der Waals surface area contributed by atoms with Crippen LogP contribution in [0.3, 0.4) is 0 Å². The van der Waals surface area contributed by atoms with Crippen molar-refractivity contribution in [3.8, 4) is 16.9 Å². The lowest BCUT2D eigenvalue weighted by Crippen LogP contribution is -2.12. The number of methoxy groups -OCH3 is 1. The minimum absolute atomic E-state index is 0.232. The lowest BCUT2D eigenvalue weighted by Gasteiger charge is -2.06. The molecule has 3 aromatic carbocycles. The lowest BCUT2D eigenvalue weighted by atomic mass is 10.0. The molecule has 0 fully saturated rings. The number of nitrogens with one attached hydrogen (secondary N) is 1. The summed E-state index contributed by atoms with van der Waals surface area (Å²) >= 11 is 1.51. The summed E-state index contributed by atoms with van der Waals surface area (Å²) in [6.07, 6.45) is -0.476. The molecule has 0 spiro atoms. The molecule has 0 aliphatic rings. The van der Waals surface area contributed by atoms with E-state index in [9.17, 15) is 4.79 Å². The molecule has 0 unspecified atom stereocenters. The molecule has 0 atom stereocenters. The topological polar surface area (TPSA) is 47.6 Å². The maximum absolute atomic E-state index is 12.2. The van der Waals surface area contributed by atoms with Gasteiger partial charge in [-0.05, 0) is 34.9 Å². The number of fused-ring (bicyclic) bond motifs is 1. The van der Waals surface area contributed by atoms with Crippen molar-refractivity contribution >= 4 is 32.5 Å². The highest BCUT2D eigenvalue weighted by Crippen LogP contribution is 2.41. The molecule has 1 aromatic heterocycles. The Balaban J connectivity index is 1.59. The molecular weight excluding hydrogens is 370 g/mol. The van der Waals surface area contributed by atoms with Gasteiger partial charge >= 0.3 is 6.09 Å². The second-order valence-electron chi connectivity index (χ2n) is 6.22. The van der Waals surface area contributed by atoms with Crippen LogP contribution in [-0.4, -0.2) is 13.2 Å². The Morgan fingerprint density at radius 1 is 0.964 bits per heavy atom. The van der Waals surface area contributed by atoms with Crippen LogP contribution in [0.2, 0.25) is 0 Å². The number of hydrogen-bond donors (Lipinski definition) is 1.